The average molecular weight is 241 g/mol. The molecule has 0 spiro atoms. The third kappa shape index (κ3) is 2.88. The molecule has 0 aliphatic rings. The van der Waals surface area contributed by atoms with Crippen molar-refractivity contribution in [2.45, 2.75) is 26.3 Å². The van der Waals surface area contributed by atoms with Crippen molar-refractivity contribution in [2.24, 2.45) is 11.7 Å². The van der Waals surface area contributed by atoms with Crippen molar-refractivity contribution in [2.75, 3.05) is 14.2 Å². The SMILES string of the molecule is CCC(C)[C@@H](N)c1cc(OC)c(OC)cc1F. The molecule has 0 aliphatic carbocycles. The highest BCUT2D eigenvalue weighted by Gasteiger charge is 2.20. The van der Waals surface area contributed by atoms with Crippen LogP contribution in [0.15, 0.2) is 12.1 Å². The molecule has 1 aromatic carbocycles. The van der Waals surface area contributed by atoms with E-state index in [0.29, 0.717) is 17.1 Å². The lowest BCUT2D eigenvalue weighted by atomic mass is 9.93. The number of hydrogen-bond donors (Lipinski definition) is 1. The summed E-state index contributed by atoms with van der Waals surface area (Å²) >= 11 is 0. The molecule has 1 rings (SSSR count). The molecular formula is C13H20FNO2. The minimum atomic E-state index is -0.351. The van der Waals surface area contributed by atoms with Crippen LogP contribution in [0.2, 0.25) is 0 Å². The van der Waals surface area contributed by atoms with Crippen molar-refractivity contribution in [3.8, 4) is 11.5 Å². The third-order valence-corrected chi connectivity index (χ3v) is 3.12. The maximum atomic E-state index is 13.9. The largest absolute Gasteiger partial charge is 0.493 e. The molecule has 0 saturated heterocycles. The van der Waals surface area contributed by atoms with Gasteiger partial charge in [0.25, 0.3) is 0 Å². The second kappa shape index (κ2) is 5.87. The lowest BCUT2D eigenvalue weighted by Gasteiger charge is -2.20. The Morgan fingerprint density at radius 3 is 2.24 bits per heavy atom. The average Bonchev–Trinajstić information content (AvgIpc) is 2.36. The van der Waals surface area contributed by atoms with Gasteiger partial charge >= 0.3 is 0 Å². The van der Waals surface area contributed by atoms with Gasteiger partial charge in [-0.15, -0.1) is 0 Å². The zero-order chi connectivity index (χ0) is 13.0. The van der Waals surface area contributed by atoms with Crippen molar-refractivity contribution in [1.82, 2.24) is 0 Å². The van der Waals surface area contributed by atoms with Crippen LogP contribution in [0, 0.1) is 11.7 Å². The van der Waals surface area contributed by atoms with Gasteiger partial charge in [-0.1, -0.05) is 20.3 Å². The molecule has 3 nitrogen and oxygen atoms in total. The number of ether oxygens (including phenoxy) is 2. The van der Waals surface area contributed by atoms with Crippen molar-refractivity contribution in [3.05, 3.63) is 23.5 Å². The highest BCUT2D eigenvalue weighted by atomic mass is 19.1. The number of benzene rings is 1. The monoisotopic (exact) mass is 241 g/mol. The number of rotatable bonds is 5. The summed E-state index contributed by atoms with van der Waals surface area (Å²) in [6, 6.07) is 2.60. The summed E-state index contributed by atoms with van der Waals surface area (Å²) in [6.07, 6.45) is 0.898. The molecule has 4 heteroatoms. The van der Waals surface area contributed by atoms with E-state index in [1.165, 1.54) is 20.3 Å². The summed E-state index contributed by atoms with van der Waals surface area (Å²) < 4.78 is 24.1. The molecular weight excluding hydrogens is 221 g/mol. The standard InChI is InChI=1S/C13H20FNO2/c1-5-8(2)13(15)9-6-11(16-3)12(17-4)7-10(9)14/h6-8,13H,5,15H2,1-4H3/t8?,13-/m1/s1. The normalized spacial score (nSPS) is 14.2. The van der Waals surface area contributed by atoms with E-state index in [2.05, 4.69) is 0 Å². The molecule has 2 N–H and O–H groups in total. The molecule has 17 heavy (non-hydrogen) atoms. The molecule has 1 unspecified atom stereocenters. The van der Waals surface area contributed by atoms with Gasteiger partial charge in [-0.2, -0.15) is 0 Å². The van der Waals surface area contributed by atoms with Gasteiger partial charge in [-0.05, 0) is 12.0 Å². The fraction of sp³-hybridized carbons (Fsp3) is 0.538. The summed E-state index contributed by atoms with van der Waals surface area (Å²) in [5.74, 6) is 0.741. The predicted octanol–water partition coefficient (Wildman–Crippen LogP) is 2.89. The first-order chi connectivity index (χ1) is 8.04. The molecule has 1 aromatic rings. The summed E-state index contributed by atoms with van der Waals surface area (Å²) in [4.78, 5) is 0. The molecule has 96 valence electrons. The van der Waals surface area contributed by atoms with Crippen LogP contribution in [-0.4, -0.2) is 14.2 Å². The van der Waals surface area contributed by atoms with Crippen molar-refractivity contribution >= 4 is 0 Å². The molecule has 0 bridgehead atoms. The van der Waals surface area contributed by atoms with Crippen LogP contribution in [-0.2, 0) is 0 Å². The Kier molecular flexibility index (Phi) is 4.75. The Hall–Kier alpha value is -1.29. The summed E-state index contributed by atoms with van der Waals surface area (Å²) in [7, 11) is 3.00. The summed E-state index contributed by atoms with van der Waals surface area (Å²) in [5, 5.41) is 0. The van der Waals surface area contributed by atoms with Crippen LogP contribution in [0.25, 0.3) is 0 Å². The third-order valence-electron chi connectivity index (χ3n) is 3.12. The molecule has 0 aromatic heterocycles. The summed E-state index contributed by atoms with van der Waals surface area (Å²) in [6.45, 7) is 4.03. The van der Waals surface area contributed by atoms with Gasteiger partial charge in [0.2, 0.25) is 0 Å². The van der Waals surface area contributed by atoms with E-state index < -0.39 is 0 Å². The fourth-order valence-corrected chi connectivity index (χ4v) is 1.69. The Balaban J connectivity index is 3.16. The van der Waals surface area contributed by atoms with Gasteiger partial charge in [-0.25, -0.2) is 4.39 Å². The van der Waals surface area contributed by atoms with Crippen LogP contribution >= 0.6 is 0 Å². The highest BCUT2D eigenvalue weighted by molar-refractivity contribution is 5.44. The lowest BCUT2D eigenvalue weighted by molar-refractivity contribution is 0.349. The second-order valence-electron chi connectivity index (χ2n) is 4.14. The van der Waals surface area contributed by atoms with Gasteiger partial charge in [0.05, 0.1) is 14.2 Å². The lowest BCUT2D eigenvalue weighted by Crippen LogP contribution is -2.20. The zero-order valence-corrected chi connectivity index (χ0v) is 10.8. The molecule has 0 heterocycles. The fourth-order valence-electron chi connectivity index (χ4n) is 1.69. The van der Waals surface area contributed by atoms with Gasteiger partial charge in [0.15, 0.2) is 11.5 Å². The first kappa shape index (κ1) is 13.8. The summed E-state index contributed by atoms with van der Waals surface area (Å²) in [5.41, 5.74) is 6.50. The van der Waals surface area contributed by atoms with Crippen LogP contribution in [0.3, 0.4) is 0 Å². The maximum Gasteiger partial charge on any atom is 0.163 e. The van der Waals surface area contributed by atoms with Gasteiger partial charge in [0, 0.05) is 17.7 Å². The first-order valence-corrected chi connectivity index (χ1v) is 5.72. The topological polar surface area (TPSA) is 44.5 Å². The predicted molar refractivity (Wildman–Crippen MR) is 65.9 cm³/mol. The van der Waals surface area contributed by atoms with E-state index in [0.717, 1.165) is 6.42 Å². The minimum absolute atomic E-state index is 0.211. The second-order valence-corrected chi connectivity index (χ2v) is 4.14. The van der Waals surface area contributed by atoms with E-state index in [1.54, 1.807) is 6.07 Å². The van der Waals surface area contributed by atoms with Crippen LogP contribution in [0.1, 0.15) is 31.9 Å². The number of hydrogen-bond acceptors (Lipinski definition) is 3. The van der Waals surface area contributed by atoms with Gasteiger partial charge < -0.3 is 15.2 Å². The van der Waals surface area contributed by atoms with E-state index >= 15 is 0 Å². The Bertz CT molecular complexity index is 382. The van der Waals surface area contributed by atoms with E-state index in [-0.39, 0.29) is 17.8 Å². The van der Waals surface area contributed by atoms with E-state index in [9.17, 15) is 4.39 Å². The molecule has 0 amide bonds. The smallest absolute Gasteiger partial charge is 0.163 e. The van der Waals surface area contributed by atoms with Gasteiger partial charge in [-0.3, -0.25) is 0 Å². The van der Waals surface area contributed by atoms with Crippen molar-refractivity contribution in [3.63, 3.8) is 0 Å². The van der Waals surface area contributed by atoms with Gasteiger partial charge in [0.1, 0.15) is 5.82 Å². The Morgan fingerprint density at radius 1 is 1.24 bits per heavy atom. The molecule has 0 aliphatic heterocycles. The molecule has 0 radical (unpaired) electrons. The number of nitrogens with two attached hydrogens (primary N) is 1. The van der Waals surface area contributed by atoms with Crippen LogP contribution < -0.4 is 15.2 Å². The molecule has 2 atom stereocenters. The highest BCUT2D eigenvalue weighted by Crippen LogP contribution is 2.34. The van der Waals surface area contributed by atoms with E-state index in [1.807, 2.05) is 13.8 Å². The van der Waals surface area contributed by atoms with Crippen LogP contribution in [0.5, 0.6) is 11.5 Å². The zero-order valence-electron chi connectivity index (χ0n) is 10.8. The Morgan fingerprint density at radius 2 is 1.76 bits per heavy atom. The van der Waals surface area contributed by atoms with Crippen LogP contribution in [0.4, 0.5) is 4.39 Å². The maximum absolute atomic E-state index is 13.9. The number of halogens is 1. The first-order valence-electron chi connectivity index (χ1n) is 5.72. The van der Waals surface area contributed by atoms with Crippen molar-refractivity contribution in [1.29, 1.82) is 0 Å². The Labute approximate surface area is 102 Å². The molecule has 0 fully saturated rings. The minimum Gasteiger partial charge on any atom is -0.493 e. The quantitative estimate of drug-likeness (QED) is 0.862. The number of methoxy groups -OCH3 is 2. The van der Waals surface area contributed by atoms with E-state index in [4.69, 9.17) is 15.2 Å². The van der Waals surface area contributed by atoms with Crippen molar-refractivity contribution < 1.29 is 13.9 Å². The molecule has 0 saturated carbocycles.